The molecule has 0 aliphatic rings. The smallest absolute Gasteiger partial charge is 0.257 e. The molecular weight excluding hydrogens is 276 g/mol. The molecule has 1 heterocycles. The maximum absolute atomic E-state index is 12.1. The number of pyridine rings is 1. The minimum absolute atomic E-state index is 0.293. The molecular formula is C14H15ClN4O. The van der Waals surface area contributed by atoms with Gasteiger partial charge in [-0.25, -0.2) is 4.98 Å². The van der Waals surface area contributed by atoms with Crippen LogP contribution in [-0.2, 0) is 0 Å². The van der Waals surface area contributed by atoms with Gasteiger partial charge in [0, 0.05) is 24.8 Å². The first-order chi connectivity index (χ1) is 9.47. The van der Waals surface area contributed by atoms with Gasteiger partial charge in [0.1, 0.15) is 5.82 Å². The zero-order chi connectivity index (χ0) is 14.7. The van der Waals surface area contributed by atoms with Gasteiger partial charge in [-0.2, -0.15) is 0 Å². The largest absolute Gasteiger partial charge is 0.398 e. The molecule has 0 aliphatic carbocycles. The summed E-state index contributed by atoms with van der Waals surface area (Å²) in [5.74, 6) is 0.521. The van der Waals surface area contributed by atoms with E-state index in [4.69, 9.17) is 17.3 Å². The number of aromatic nitrogens is 1. The van der Waals surface area contributed by atoms with Crippen molar-refractivity contribution in [2.45, 2.75) is 0 Å². The number of amides is 1. The summed E-state index contributed by atoms with van der Waals surface area (Å²) < 4.78 is 0. The molecule has 0 atom stereocenters. The fourth-order valence-corrected chi connectivity index (χ4v) is 1.84. The van der Waals surface area contributed by atoms with Crippen LogP contribution in [0.5, 0.6) is 0 Å². The number of nitrogen functional groups attached to an aromatic ring is 1. The first-order valence-electron chi connectivity index (χ1n) is 5.97. The Balaban J connectivity index is 2.15. The number of carbonyl (C=O) groups is 1. The number of rotatable bonds is 3. The highest BCUT2D eigenvalue weighted by atomic mass is 35.5. The molecule has 3 N–H and O–H groups in total. The molecule has 1 amide bonds. The van der Waals surface area contributed by atoms with E-state index < -0.39 is 0 Å². The molecule has 2 rings (SSSR count). The van der Waals surface area contributed by atoms with E-state index in [0.717, 1.165) is 5.82 Å². The quantitative estimate of drug-likeness (QED) is 0.853. The summed E-state index contributed by atoms with van der Waals surface area (Å²) in [4.78, 5) is 18.2. The summed E-state index contributed by atoms with van der Waals surface area (Å²) in [6.07, 6.45) is 1.60. The lowest BCUT2D eigenvalue weighted by Gasteiger charge is -2.12. The van der Waals surface area contributed by atoms with Crippen molar-refractivity contribution in [3.8, 4) is 0 Å². The Morgan fingerprint density at radius 3 is 2.60 bits per heavy atom. The lowest BCUT2D eigenvalue weighted by molar-refractivity contribution is 0.102. The van der Waals surface area contributed by atoms with Crippen LogP contribution in [0, 0.1) is 0 Å². The molecule has 0 fully saturated rings. The maximum atomic E-state index is 12.1. The van der Waals surface area contributed by atoms with Gasteiger partial charge in [-0.05, 0) is 30.3 Å². The molecule has 2 aromatic rings. The van der Waals surface area contributed by atoms with Crippen molar-refractivity contribution in [2.75, 3.05) is 30.0 Å². The summed E-state index contributed by atoms with van der Waals surface area (Å²) in [5.41, 5.74) is 7.10. The highest BCUT2D eigenvalue weighted by molar-refractivity contribution is 6.31. The number of nitrogens with one attached hydrogen (secondary N) is 1. The van der Waals surface area contributed by atoms with Crippen LogP contribution >= 0.6 is 11.6 Å². The van der Waals surface area contributed by atoms with E-state index in [9.17, 15) is 4.79 Å². The number of hydrogen-bond acceptors (Lipinski definition) is 4. The molecule has 104 valence electrons. The SMILES string of the molecule is CN(C)c1ccc(NC(=O)c2ccc(Cl)cc2N)cn1. The zero-order valence-corrected chi connectivity index (χ0v) is 12.0. The van der Waals surface area contributed by atoms with Crippen molar-refractivity contribution in [1.82, 2.24) is 4.98 Å². The molecule has 0 saturated heterocycles. The minimum atomic E-state index is -0.293. The average molecular weight is 291 g/mol. The van der Waals surface area contributed by atoms with Crippen molar-refractivity contribution >= 4 is 34.7 Å². The van der Waals surface area contributed by atoms with Crippen LogP contribution in [0.15, 0.2) is 36.5 Å². The van der Waals surface area contributed by atoms with Gasteiger partial charge in [-0.15, -0.1) is 0 Å². The molecule has 6 heteroatoms. The second-order valence-electron chi connectivity index (χ2n) is 4.49. The Labute approximate surface area is 122 Å². The third-order valence-electron chi connectivity index (χ3n) is 2.72. The minimum Gasteiger partial charge on any atom is -0.398 e. The van der Waals surface area contributed by atoms with Gasteiger partial charge in [0.2, 0.25) is 0 Å². The van der Waals surface area contributed by atoms with Crippen molar-refractivity contribution in [3.63, 3.8) is 0 Å². The first-order valence-corrected chi connectivity index (χ1v) is 6.35. The third-order valence-corrected chi connectivity index (χ3v) is 2.96. The van der Waals surface area contributed by atoms with E-state index in [1.165, 1.54) is 0 Å². The fourth-order valence-electron chi connectivity index (χ4n) is 1.66. The lowest BCUT2D eigenvalue weighted by atomic mass is 10.1. The van der Waals surface area contributed by atoms with Crippen molar-refractivity contribution in [2.24, 2.45) is 0 Å². The summed E-state index contributed by atoms with van der Waals surface area (Å²) in [6.45, 7) is 0. The molecule has 0 saturated carbocycles. The molecule has 20 heavy (non-hydrogen) atoms. The van der Waals surface area contributed by atoms with Gasteiger partial charge in [0.25, 0.3) is 5.91 Å². The van der Waals surface area contributed by atoms with Crippen LogP contribution in [0.2, 0.25) is 5.02 Å². The molecule has 1 aromatic heterocycles. The van der Waals surface area contributed by atoms with E-state index >= 15 is 0 Å². The Bertz CT molecular complexity index is 626. The highest BCUT2D eigenvalue weighted by Crippen LogP contribution is 2.19. The molecule has 0 unspecified atom stereocenters. The normalized spacial score (nSPS) is 10.2. The Morgan fingerprint density at radius 1 is 1.30 bits per heavy atom. The average Bonchev–Trinajstić information content (AvgIpc) is 2.39. The van der Waals surface area contributed by atoms with Crippen LogP contribution in [0.3, 0.4) is 0 Å². The fraction of sp³-hybridized carbons (Fsp3) is 0.143. The second kappa shape index (κ2) is 5.79. The third kappa shape index (κ3) is 3.19. The molecule has 0 bridgehead atoms. The summed E-state index contributed by atoms with van der Waals surface area (Å²) in [6, 6.07) is 8.37. The van der Waals surface area contributed by atoms with E-state index in [2.05, 4.69) is 10.3 Å². The van der Waals surface area contributed by atoms with Crippen LogP contribution in [0.4, 0.5) is 17.2 Å². The standard InChI is InChI=1S/C14H15ClN4O/c1-19(2)13-6-4-10(8-17-13)18-14(20)11-5-3-9(15)7-12(11)16/h3-8H,16H2,1-2H3,(H,18,20). The van der Waals surface area contributed by atoms with Crippen LogP contribution in [0.25, 0.3) is 0 Å². The topological polar surface area (TPSA) is 71.2 Å². The van der Waals surface area contributed by atoms with Gasteiger partial charge >= 0.3 is 0 Å². The summed E-state index contributed by atoms with van der Waals surface area (Å²) >= 11 is 5.80. The van der Waals surface area contributed by atoms with Gasteiger partial charge in [0.15, 0.2) is 0 Å². The number of benzene rings is 1. The highest BCUT2D eigenvalue weighted by Gasteiger charge is 2.10. The second-order valence-corrected chi connectivity index (χ2v) is 4.92. The molecule has 0 aliphatic heterocycles. The predicted molar refractivity (Wildman–Crippen MR) is 82.4 cm³/mol. The lowest BCUT2D eigenvalue weighted by Crippen LogP contribution is -2.15. The van der Waals surface area contributed by atoms with E-state index in [1.807, 2.05) is 25.1 Å². The van der Waals surface area contributed by atoms with Gasteiger partial charge in [-0.1, -0.05) is 11.6 Å². The van der Waals surface area contributed by atoms with Gasteiger partial charge in [-0.3, -0.25) is 4.79 Å². The van der Waals surface area contributed by atoms with E-state index in [0.29, 0.717) is 22.0 Å². The molecule has 0 spiro atoms. The number of hydrogen-bond donors (Lipinski definition) is 2. The number of nitrogens with zero attached hydrogens (tertiary/aromatic N) is 2. The van der Waals surface area contributed by atoms with Gasteiger partial charge in [0.05, 0.1) is 17.4 Å². The van der Waals surface area contributed by atoms with Crippen LogP contribution in [0.1, 0.15) is 10.4 Å². The van der Waals surface area contributed by atoms with Crippen molar-refractivity contribution in [3.05, 3.63) is 47.1 Å². The molecule has 0 radical (unpaired) electrons. The monoisotopic (exact) mass is 290 g/mol. The maximum Gasteiger partial charge on any atom is 0.257 e. The molecule has 5 nitrogen and oxygen atoms in total. The number of carbonyl (C=O) groups excluding carboxylic acids is 1. The summed E-state index contributed by atoms with van der Waals surface area (Å²) in [7, 11) is 3.80. The number of nitrogens with two attached hydrogens (primary N) is 1. The molecule has 1 aromatic carbocycles. The van der Waals surface area contributed by atoms with Crippen molar-refractivity contribution in [1.29, 1.82) is 0 Å². The zero-order valence-electron chi connectivity index (χ0n) is 11.2. The Hall–Kier alpha value is -2.27. The number of anilines is 3. The van der Waals surface area contributed by atoms with Crippen LogP contribution < -0.4 is 16.0 Å². The number of halogens is 1. The van der Waals surface area contributed by atoms with Crippen molar-refractivity contribution < 1.29 is 4.79 Å². The summed E-state index contributed by atoms with van der Waals surface area (Å²) in [5, 5.41) is 3.24. The first kappa shape index (κ1) is 14.1. The van der Waals surface area contributed by atoms with Gasteiger partial charge < -0.3 is 16.0 Å². The van der Waals surface area contributed by atoms with E-state index in [1.54, 1.807) is 30.5 Å². The Kier molecular flexibility index (Phi) is 4.10. The van der Waals surface area contributed by atoms with Crippen LogP contribution in [-0.4, -0.2) is 25.0 Å². The predicted octanol–water partition coefficient (Wildman–Crippen LogP) is 2.64. The van der Waals surface area contributed by atoms with E-state index in [-0.39, 0.29) is 5.91 Å². The Morgan fingerprint density at radius 2 is 2.05 bits per heavy atom.